The molecule has 1 unspecified atom stereocenters. The van der Waals surface area contributed by atoms with Crippen LogP contribution in [0.15, 0.2) is 34.0 Å². The van der Waals surface area contributed by atoms with Crippen LogP contribution >= 0.6 is 15.9 Å². The molecule has 1 aromatic heterocycles. The molecule has 2 heterocycles. The topological polar surface area (TPSA) is 50.2 Å². The lowest BCUT2D eigenvalue weighted by molar-refractivity contribution is 0.751. The summed E-state index contributed by atoms with van der Waals surface area (Å²) in [6, 6.07) is 5.89. The maximum Gasteiger partial charge on any atom is 0.103 e. The number of benzene rings is 1. The van der Waals surface area contributed by atoms with E-state index >= 15 is 0 Å². The number of aromatic nitrogens is 2. The molecule has 2 aromatic rings. The lowest BCUT2D eigenvalue weighted by Crippen LogP contribution is -2.10. The first-order valence-electron chi connectivity index (χ1n) is 5.02. The lowest BCUT2D eigenvalue weighted by atomic mass is 10.1. The van der Waals surface area contributed by atoms with Crippen LogP contribution in [0.3, 0.4) is 0 Å². The molecule has 16 heavy (non-hydrogen) atoms. The summed E-state index contributed by atoms with van der Waals surface area (Å²) < 4.78 is 0.974. The summed E-state index contributed by atoms with van der Waals surface area (Å²) in [4.78, 5) is 9.02. The van der Waals surface area contributed by atoms with Gasteiger partial charge in [-0.15, -0.1) is 0 Å². The molecule has 0 bridgehead atoms. The molecule has 1 N–H and O–H groups in total. The van der Waals surface area contributed by atoms with Crippen LogP contribution in [0.2, 0.25) is 0 Å². The van der Waals surface area contributed by atoms with Crippen molar-refractivity contribution >= 4 is 33.2 Å². The monoisotopic (exact) mass is 276 g/mol. The van der Waals surface area contributed by atoms with Crippen LogP contribution in [-0.2, 0) is 0 Å². The zero-order chi connectivity index (χ0) is 11.0. The lowest BCUT2D eigenvalue weighted by Gasteiger charge is -2.06. The van der Waals surface area contributed by atoms with Crippen molar-refractivity contribution in [2.45, 2.75) is 5.92 Å². The van der Waals surface area contributed by atoms with E-state index in [1.165, 1.54) is 0 Å². The minimum Gasteiger partial charge on any atom is -0.309 e. The highest BCUT2D eigenvalue weighted by Crippen LogP contribution is 2.22. The fourth-order valence-electron chi connectivity index (χ4n) is 1.72. The predicted molar refractivity (Wildman–Crippen MR) is 66.5 cm³/mol. The van der Waals surface area contributed by atoms with Crippen LogP contribution < -0.4 is 5.43 Å². The molecular weight excluding hydrogens is 268 g/mol. The van der Waals surface area contributed by atoms with Crippen molar-refractivity contribution in [1.29, 1.82) is 0 Å². The van der Waals surface area contributed by atoms with Crippen molar-refractivity contribution in [3.8, 4) is 0 Å². The Kier molecular flexibility index (Phi) is 2.32. The molecule has 1 aliphatic heterocycles. The quantitative estimate of drug-likeness (QED) is 0.868. The number of rotatable bonds is 1. The zero-order valence-corrected chi connectivity index (χ0v) is 9.98. The number of para-hydroxylation sites is 1. The second-order valence-corrected chi connectivity index (χ2v) is 4.50. The van der Waals surface area contributed by atoms with E-state index in [0.717, 1.165) is 27.7 Å². The van der Waals surface area contributed by atoms with Gasteiger partial charge in [0.05, 0.1) is 17.1 Å². The van der Waals surface area contributed by atoms with Gasteiger partial charge in [0.25, 0.3) is 0 Å². The molecule has 0 fully saturated rings. The number of fused-ring (bicyclic) bond motifs is 1. The third-order valence-corrected chi connectivity index (χ3v) is 3.22. The molecular formula is C11H9BrN4. The Balaban J connectivity index is 2.14. The van der Waals surface area contributed by atoms with E-state index < -0.39 is 0 Å². The Morgan fingerprint density at radius 1 is 1.38 bits per heavy atom. The maximum atomic E-state index is 4.62. The summed E-state index contributed by atoms with van der Waals surface area (Å²) >= 11 is 3.49. The van der Waals surface area contributed by atoms with Gasteiger partial charge in [0.2, 0.25) is 0 Å². The number of nitrogens with zero attached hydrogens (tertiary/aromatic N) is 3. The Bertz CT molecular complexity index is 567. The van der Waals surface area contributed by atoms with Crippen LogP contribution in [0.25, 0.3) is 11.0 Å². The summed E-state index contributed by atoms with van der Waals surface area (Å²) in [6.07, 6.45) is 3.69. The van der Waals surface area contributed by atoms with Crippen LogP contribution in [0.4, 0.5) is 0 Å². The maximum absolute atomic E-state index is 4.62. The van der Waals surface area contributed by atoms with Crippen molar-refractivity contribution in [3.05, 3.63) is 34.6 Å². The van der Waals surface area contributed by atoms with Gasteiger partial charge in [0.15, 0.2) is 0 Å². The molecule has 0 amide bonds. The summed E-state index contributed by atoms with van der Waals surface area (Å²) in [5.41, 5.74) is 5.68. The third kappa shape index (κ3) is 1.57. The Morgan fingerprint density at radius 2 is 2.31 bits per heavy atom. The van der Waals surface area contributed by atoms with E-state index in [1.54, 1.807) is 0 Å². The molecule has 4 nitrogen and oxygen atoms in total. The molecule has 1 aromatic carbocycles. The summed E-state index contributed by atoms with van der Waals surface area (Å²) in [5.74, 6) is 0.226. The first-order chi connectivity index (χ1) is 7.84. The standard InChI is InChI=1S/C11H9BrN4/c12-8-2-1-3-9-11(8)16-10(6-13-9)7-4-14-15-5-7/h1-4,6-7,15H,5H2. The van der Waals surface area contributed by atoms with Crippen molar-refractivity contribution in [2.75, 3.05) is 6.54 Å². The normalized spacial score (nSPS) is 18.9. The smallest absolute Gasteiger partial charge is 0.103 e. The molecule has 3 rings (SSSR count). The SMILES string of the molecule is Brc1cccc2ncc(C3C=NNC3)nc12. The number of halogens is 1. The fourth-order valence-corrected chi connectivity index (χ4v) is 2.16. The number of hydrogen-bond acceptors (Lipinski definition) is 4. The van der Waals surface area contributed by atoms with Crippen LogP contribution in [0, 0.1) is 0 Å². The minimum atomic E-state index is 0.226. The molecule has 1 aliphatic rings. The summed E-state index contributed by atoms with van der Waals surface area (Å²) in [7, 11) is 0. The van der Waals surface area contributed by atoms with Crippen molar-refractivity contribution in [3.63, 3.8) is 0 Å². The van der Waals surface area contributed by atoms with E-state index in [1.807, 2.05) is 30.6 Å². The van der Waals surface area contributed by atoms with Gasteiger partial charge in [-0.2, -0.15) is 5.10 Å². The second kappa shape index (κ2) is 3.83. The van der Waals surface area contributed by atoms with Crippen LogP contribution in [0.5, 0.6) is 0 Å². The second-order valence-electron chi connectivity index (χ2n) is 3.65. The van der Waals surface area contributed by atoms with Gasteiger partial charge < -0.3 is 5.43 Å². The van der Waals surface area contributed by atoms with Crippen LogP contribution in [-0.4, -0.2) is 22.7 Å². The van der Waals surface area contributed by atoms with Gasteiger partial charge >= 0.3 is 0 Å². The number of hydrazone groups is 1. The van der Waals surface area contributed by atoms with Gasteiger partial charge in [-0.25, -0.2) is 4.98 Å². The van der Waals surface area contributed by atoms with Gasteiger partial charge in [-0.05, 0) is 28.1 Å². The van der Waals surface area contributed by atoms with E-state index in [-0.39, 0.29) is 5.92 Å². The van der Waals surface area contributed by atoms with E-state index in [0.29, 0.717) is 0 Å². The molecule has 5 heteroatoms. The summed E-state index contributed by atoms with van der Waals surface area (Å²) in [6.45, 7) is 0.796. The van der Waals surface area contributed by atoms with Crippen molar-refractivity contribution in [2.24, 2.45) is 5.10 Å². The molecule has 0 spiro atoms. The first-order valence-corrected chi connectivity index (χ1v) is 5.81. The molecule has 0 radical (unpaired) electrons. The average molecular weight is 277 g/mol. The number of nitrogens with one attached hydrogen (secondary N) is 1. The molecule has 1 atom stereocenters. The minimum absolute atomic E-state index is 0.226. The fraction of sp³-hybridized carbons (Fsp3) is 0.182. The van der Waals surface area contributed by atoms with Crippen molar-refractivity contribution in [1.82, 2.24) is 15.4 Å². The molecule has 0 saturated carbocycles. The largest absolute Gasteiger partial charge is 0.309 e. The zero-order valence-electron chi connectivity index (χ0n) is 8.39. The highest BCUT2D eigenvalue weighted by atomic mass is 79.9. The molecule has 80 valence electrons. The average Bonchev–Trinajstić information content (AvgIpc) is 2.83. The van der Waals surface area contributed by atoms with Gasteiger partial charge in [0.1, 0.15) is 5.52 Å². The Hall–Kier alpha value is -1.49. The highest BCUT2D eigenvalue weighted by molar-refractivity contribution is 9.10. The van der Waals surface area contributed by atoms with Gasteiger partial charge in [0, 0.05) is 23.4 Å². The molecule has 0 aliphatic carbocycles. The van der Waals surface area contributed by atoms with Gasteiger partial charge in [-0.3, -0.25) is 4.98 Å². The number of hydrogen-bond donors (Lipinski definition) is 1. The van der Waals surface area contributed by atoms with Crippen molar-refractivity contribution < 1.29 is 0 Å². The van der Waals surface area contributed by atoms with Crippen LogP contribution in [0.1, 0.15) is 11.6 Å². The predicted octanol–water partition coefficient (Wildman–Crippen LogP) is 2.06. The third-order valence-electron chi connectivity index (χ3n) is 2.58. The van der Waals surface area contributed by atoms with E-state index in [2.05, 4.69) is 36.4 Å². The molecule has 0 saturated heterocycles. The van der Waals surface area contributed by atoms with E-state index in [9.17, 15) is 0 Å². The first kappa shape index (κ1) is 9.72. The Labute approximate surface area is 101 Å². The summed E-state index contributed by atoms with van der Waals surface area (Å²) in [5, 5.41) is 3.99. The van der Waals surface area contributed by atoms with Gasteiger partial charge in [-0.1, -0.05) is 6.07 Å². The highest BCUT2D eigenvalue weighted by Gasteiger charge is 2.15. The van der Waals surface area contributed by atoms with E-state index in [4.69, 9.17) is 0 Å². The Morgan fingerprint density at radius 3 is 3.12 bits per heavy atom.